The molecule has 0 bridgehead atoms. The number of non-ortho nitro benzene ring substituents is 1. The van der Waals surface area contributed by atoms with Crippen LogP contribution in [0.1, 0.15) is 36.0 Å². The van der Waals surface area contributed by atoms with E-state index in [2.05, 4.69) is 4.72 Å². The lowest BCUT2D eigenvalue weighted by molar-refractivity contribution is -0.385. The molecule has 0 unspecified atom stereocenters. The standard InChI is InChI=1S/C23H26N4O6S/c28-22(17-6-1-2-7-17)25-12-14-26(15-13-25)23(29)20-10-3-4-11-21(20)24-34(32,33)19-9-5-8-18(16-19)27(30)31/h3-5,8-11,16-17,24H,1-2,6-7,12-15H2. The van der Waals surface area contributed by atoms with Gasteiger partial charge < -0.3 is 9.80 Å². The summed E-state index contributed by atoms with van der Waals surface area (Å²) < 4.78 is 28.1. The van der Waals surface area contributed by atoms with E-state index in [4.69, 9.17) is 0 Å². The summed E-state index contributed by atoms with van der Waals surface area (Å²) in [6.45, 7) is 1.62. The normalized spacial score (nSPS) is 16.9. The van der Waals surface area contributed by atoms with E-state index < -0.39 is 14.9 Å². The van der Waals surface area contributed by atoms with E-state index in [0.29, 0.717) is 26.2 Å². The molecule has 0 spiro atoms. The van der Waals surface area contributed by atoms with E-state index in [1.165, 1.54) is 30.3 Å². The van der Waals surface area contributed by atoms with Crippen molar-refractivity contribution in [3.05, 3.63) is 64.2 Å². The van der Waals surface area contributed by atoms with Crippen molar-refractivity contribution >= 4 is 33.2 Å². The van der Waals surface area contributed by atoms with Crippen LogP contribution < -0.4 is 4.72 Å². The number of nitrogens with zero attached hydrogens (tertiary/aromatic N) is 3. The summed E-state index contributed by atoms with van der Waals surface area (Å²) >= 11 is 0. The van der Waals surface area contributed by atoms with E-state index in [9.17, 15) is 28.1 Å². The minimum atomic E-state index is -4.16. The third kappa shape index (κ3) is 5.04. The van der Waals surface area contributed by atoms with Crippen molar-refractivity contribution in [3.63, 3.8) is 0 Å². The van der Waals surface area contributed by atoms with Crippen molar-refractivity contribution in [2.24, 2.45) is 5.92 Å². The van der Waals surface area contributed by atoms with Crippen molar-refractivity contribution in [2.45, 2.75) is 30.6 Å². The Morgan fingerprint density at radius 2 is 1.59 bits per heavy atom. The Bertz CT molecular complexity index is 1200. The second kappa shape index (κ2) is 9.80. The molecule has 1 N–H and O–H groups in total. The van der Waals surface area contributed by atoms with Gasteiger partial charge in [0.15, 0.2) is 0 Å². The molecule has 1 heterocycles. The van der Waals surface area contributed by atoms with Crippen LogP contribution in [0, 0.1) is 16.0 Å². The number of nitro groups is 1. The van der Waals surface area contributed by atoms with E-state index in [0.717, 1.165) is 31.7 Å². The summed E-state index contributed by atoms with van der Waals surface area (Å²) in [5.74, 6) is -0.0915. The van der Waals surface area contributed by atoms with Gasteiger partial charge in [0.2, 0.25) is 5.91 Å². The fourth-order valence-electron chi connectivity index (χ4n) is 4.46. The largest absolute Gasteiger partial charge is 0.339 e. The summed E-state index contributed by atoms with van der Waals surface area (Å²) in [7, 11) is -4.16. The molecular formula is C23H26N4O6S. The molecule has 1 aliphatic heterocycles. The number of carbonyl (C=O) groups is 2. The van der Waals surface area contributed by atoms with Crippen molar-refractivity contribution in [1.29, 1.82) is 0 Å². The lowest BCUT2D eigenvalue weighted by Gasteiger charge is -2.36. The smallest absolute Gasteiger partial charge is 0.270 e. The van der Waals surface area contributed by atoms with Crippen LogP contribution in [-0.2, 0) is 14.8 Å². The molecular weight excluding hydrogens is 460 g/mol. The summed E-state index contributed by atoms with van der Waals surface area (Å²) in [5.41, 5.74) is -0.0900. The van der Waals surface area contributed by atoms with Gasteiger partial charge in [0, 0.05) is 44.2 Å². The van der Waals surface area contributed by atoms with Gasteiger partial charge >= 0.3 is 0 Å². The molecule has 180 valence electrons. The Morgan fingerprint density at radius 3 is 2.26 bits per heavy atom. The van der Waals surface area contributed by atoms with Gasteiger partial charge in [-0.1, -0.05) is 31.0 Å². The monoisotopic (exact) mass is 486 g/mol. The fourth-order valence-corrected chi connectivity index (χ4v) is 5.58. The molecule has 34 heavy (non-hydrogen) atoms. The number of hydrogen-bond acceptors (Lipinski definition) is 6. The van der Waals surface area contributed by atoms with Gasteiger partial charge in [-0.25, -0.2) is 8.42 Å². The van der Waals surface area contributed by atoms with Crippen LogP contribution in [0.15, 0.2) is 53.4 Å². The zero-order valence-corrected chi connectivity index (χ0v) is 19.4. The Kier molecular flexibility index (Phi) is 6.82. The van der Waals surface area contributed by atoms with Crippen LogP contribution in [0.4, 0.5) is 11.4 Å². The average Bonchev–Trinajstić information content (AvgIpc) is 3.38. The lowest BCUT2D eigenvalue weighted by atomic mass is 10.1. The molecule has 2 aromatic rings. The molecule has 1 saturated carbocycles. The summed E-state index contributed by atoms with van der Waals surface area (Å²) in [6, 6.07) is 10.9. The molecule has 2 aromatic carbocycles. The molecule has 0 aromatic heterocycles. The molecule has 2 aliphatic rings. The second-order valence-electron chi connectivity index (χ2n) is 8.50. The van der Waals surface area contributed by atoms with Crippen molar-refractivity contribution in [2.75, 3.05) is 30.9 Å². The average molecular weight is 487 g/mol. The number of nitro benzene ring substituents is 1. The molecule has 1 saturated heterocycles. The molecule has 10 nitrogen and oxygen atoms in total. The van der Waals surface area contributed by atoms with Crippen LogP contribution in [-0.4, -0.2) is 61.1 Å². The molecule has 0 atom stereocenters. The summed E-state index contributed by atoms with van der Waals surface area (Å²) in [5, 5.41) is 11.0. The van der Waals surface area contributed by atoms with Gasteiger partial charge in [-0.15, -0.1) is 0 Å². The topological polar surface area (TPSA) is 130 Å². The number of sulfonamides is 1. The summed E-state index contributed by atoms with van der Waals surface area (Å²) in [6.07, 6.45) is 4.02. The molecule has 1 aliphatic carbocycles. The number of anilines is 1. The SMILES string of the molecule is O=C(c1ccccc1NS(=O)(=O)c1cccc([N+](=O)[O-])c1)N1CCN(C(=O)C2CCCC2)CC1. The zero-order chi connectivity index (χ0) is 24.3. The van der Waals surface area contributed by atoms with Crippen LogP contribution in [0.3, 0.4) is 0 Å². The Hall–Kier alpha value is -3.47. The number of para-hydroxylation sites is 1. The number of benzene rings is 2. The zero-order valence-electron chi connectivity index (χ0n) is 18.6. The van der Waals surface area contributed by atoms with Crippen LogP contribution in [0.2, 0.25) is 0 Å². The molecule has 2 fully saturated rings. The highest BCUT2D eigenvalue weighted by atomic mass is 32.2. The fraction of sp³-hybridized carbons (Fsp3) is 0.391. The third-order valence-electron chi connectivity index (χ3n) is 6.32. The maximum atomic E-state index is 13.2. The number of rotatable bonds is 6. The number of amides is 2. The number of hydrogen-bond donors (Lipinski definition) is 1. The van der Waals surface area contributed by atoms with Gasteiger partial charge in [-0.05, 0) is 31.0 Å². The van der Waals surface area contributed by atoms with E-state index >= 15 is 0 Å². The molecule has 11 heteroatoms. The molecule has 2 amide bonds. The van der Waals surface area contributed by atoms with Gasteiger partial charge in [-0.3, -0.25) is 24.4 Å². The van der Waals surface area contributed by atoms with Gasteiger partial charge in [0.05, 0.1) is 21.1 Å². The molecule has 0 radical (unpaired) electrons. The first-order valence-corrected chi connectivity index (χ1v) is 12.7. The first-order chi connectivity index (χ1) is 16.3. The third-order valence-corrected chi connectivity index (χ3v) is 7.69. The highest BCUT2D eigenvalue weighted by molar-refractivity contribution is 7.92. The number of nitrogens with one attached hydrogen (secondary N) is 1. The van der Waals surface area contributed by atoms with Crippen molar-refractivity contribution < 1.29 is 22.9 Å². The maximum Gasteiger partial charge on any atom is 0.270 e. The maximum absolute atomic E-state index is 13.2. The van der Waals surface area contributed by atoms with Crippen LogP contribution >= 0.6 is 0 Å². The quantitative estimate of drug-likeness (QED) is 0.494. The van der Waals surface area contributed by atoms with Crippen LogP contribution in [0.5, 0.6) is 0 Å². The van der Waals surface area contributed by atoms with E-state index in [1.54, 1.807) is 17.0 Å². The predicted octanol–water partition coefficient (Wildman–Crippen LogP) is 2.87. The van der Waals surface area contributed by atoms with Crippen LogP contribution in [0.25, 0.3) is 0 Å². The summed E-state index contributed by atoms with van der Waals surface area (Å²) in [4.78, 5) is 39.4. The van der Waals surface area contributed by atoms with Gasteiger partial charge in [-0.2, -0.15) is 0 Å². The Labute approximate surface area is 197 Å². The Balaban J connectivity index is 1.47. The second-order valence-corrected chi connectivity index (χ2v) is 10.2. The van der Waals surface area contributed by atoms with Gasteiger partial charge in [0.1, 0.15) is 0 Å². The first kappa shape index (κ1) is 23.7. The predicted molar refractivity (Wildman–Crippen MR) is 125 cm³/mol. The van der Waals surface area contributed by atoms with Crippen molar-refractivity contribution in [1.82, 2.24) is 9.80 Å². The lowest BCUT2D eigenvalue weighted by Crippen LogP contribution is -2.51. The van der Waals surface area contributed by atoms with Gasteiger partial charge in [0.25, 0.3) is 21.6 Å². The number of piperazine rings is 1. The minimum Gasteiger partial charge on any atom is -0.339 e. The van der Waals surface area contributed by atoms with Crippen molar-refractivity contribution in [3.8, 4) is 0 Å². The Morgan fingerprint density at radius 1 is 0.941 bits per heavy atom. The van der Waals surface area contributed by atoms with E-state index in [1.807, 2.05) is 4.90 Å². The number of carbonyl (C=O) groups excluding carboxylic acids is 2. The first-order valence-electron chi connectivity index (χ1n) is 11.2. The minimum absolute atomic E-state index is 0.0865. The highest BCUT2D eigenvalue weighted by Gasteiger charge is 2.31. The highest BCUT2D eigenvalue weighted by Crippen LogP contribution is 2.28. The molecule has 4 rings (SSSR count). The van der Waals surface area contributed by atoms with E-state index in [-0.39, 0.29) is 39.6 Å².